The molecule has 1 aromatic carbocycles. The predicted octanol–water partition coefficient (Wildman–Crippen LogP) is 1.68. The molecule has 0 bridgehead atoms. The Balaban J connectivity index is 1.64. The van der Waals surface area contributed by atoms with Crippen LogP contribution in [0.3, 0.4) is 0 Å². The number of carbonyl (C=O) groups excluding carboxylic acids is 1. The number of benzene rings is 1. The van der Waals surface area contributed by atoms with Gasteiger partial charge in [0.2, 0.25) is 10.0 Å². The molecule has 27 heavy (non-hydrogen) atoms. The molecule has 3 rings (SSSR count). The van der Waals surface area contributed by atoms with Gasteiger partial charge in [-0.3, -0.25) is 0 Å². The van der Waals surface area contributed by atoms with Crippen LogP contribution in [-0.4, -0.2) is 56.1 Å². The molecule has 0 N–H and O–H groups in total. The lowest BCUT2D eigenvalue weighted by Crippen LogP contribution is -2.22. The molecule has 8 nitrogen and oxygen atoms in total. The number of rotatable bonds is 6. The highest BCUT2D eigenvalue weighted by Crippen LogP contribution is 2.18. The van der Waals surface area contributed by atoms with Gasteiger partial charge in [-0.25, -0.2) is 17.5 Å². The smallest absolute Gasteiger partial charge is 0.359 e. The third-order valence-corrected chi connectivity index (χ3v) is 6.15. The number of nitrogens with zero attached hydrogens (tertiary/aromatic N) is 4. The zero-order valence-electron chi connectivity index (χ0n) is 15.3. The Bertz CT molecular complexity index is 907. The summed E-state index contributed by atoms with van der Waals surface area (Å²) in [5, 5.41) is 8.04. The SMILES string of the molecule is CN(C)S(=O)(=O)c1cccc(COC(=O)c2ccc(N3CCCC3)nn2)c1. The number of hydrogen-bond donors (Lipinski definition) is 0. The fraction of sp³-hybridized carbons (Fsp3) is 0.389. The van der Waals surface area contributed by atoms with E-state index in [-0.39, 0.29) is 17.2 Å². The van der Waals surface area contributed by atoms with Crippen LogP contribution in [0.15, 0.2) is 41.3 Å². The number of aromatic nitrogens is 2. The summed E-state index contributed by atoms with van der Waals surface area (Å²) in [6, 6.07) is 9.66. The van der Waals surface area contributed by atoms with Gasteiger partial charge in [0.1, 0.15) is 6.61 Å². The van der Waals surface area contributed by atoms with Crippen molar-refractivity contribution in [1.82, 2.24) is 14.5 Å². The van der Waals surface area contributed by atoms with Crippen molar-refractivity contribution in [1.29, 1.82) is 0 Å². The van der Waals surface area contributed by atoms with Crippen LogP contribution in [0, 0.1) is 0 Å². The zero-order valence-corrected chi connectivity index (χ0v) is 16.1. The third kappa shape index (κ3) is 4.42. The van der Waals surface area contributed by atoms with Crippen LogP contribution < -0.4 is 4.90 Å². The topological polar surface area (TPSA) is 92.7 Å². The van der Waals surface area contributed by atoms with Crippen molar-refractivity contribution in [3.05, 3.63) is 47.7 Å². The molecule has 1 aliphatic rings. The largest absolute Gasteiger partial charge is 0.456 e. The molecule has 1 fully saturated rings. The molecule has 0 amide bonds. The van der Waals surface area contributed by atoms with Crippen molar-refractivity contribution in [3.8, 4) is 0 Å². The summed E-state index contributed by atoms with van der Waals surface area (Å²) in [5.74, 6) is 0.155. The number of anilines is 1. The lowest BCUT2D eigenvalue weighted by atomic mass is 10.2. The number of ether oxygens (including phenoxy) is 1. The van der Waals surface area contributed by atoms with Gasteiger partial charge in [0, 0.05) is 27.2 Å². The van der Waals surface area contributed by atoms with E-state index in [2.05, 4.69) is 15.1 Å². The molecule has 144 valence electrons. The lowest BCUT2D eigenvalue weighted by molar-refractivity contribution is 0.0464. The van der Waals surface area contributed by atoms with Gasteiger partial charge in [-0.15, -0.1) is 10.2 Å². The molecule has 1 aromatic heterocycles. The molecule has 0 saturated carbocycles. The molecule has 9 heteroatoms. The van der Waals surface area contributed by atoms with E-state index in [1.54, 1.807) is 24.3 Å². The third-order valence-electron chi connectivity index (χ3n) is 4.34. The molecule has 1 aliphatic heterocycles. The molecule has 0 spiro atoms. The molecular weight excluding hydrogens is 368 g/mol. The van der Waals surface area contributed by atoms with E-state index >= 15 is 0 Å². The van der Waals surface area contributed by atoms with Crippen LogP contribution in [0.25, 0.3) is 0 Å². The Kier molecular flexibility index (Phi) is 5.71. The Morgan fingerprint density at radius 3 is 2.52 bits per heavy atom. The van der Waals surface area contributed by atoms with Gasteiger partial charge in [-0.1, -0.05) is 12.1 Å². The van der Waals surface area contributed by atoms with E-state index in [1.165, 1.54) is 26.2 Å². The molecule has 2 heterocycles. The van der Waals surface area contributed by atoms with Crippen LogP contribution in [-0.2, 0) is 21.4 Å². The highest BCUT2D eigenvalue weighted by molar-refractivity contribution is 7.89. The Hall–Kier alpha value is -2.52. The number of sulfonamides is 1. The second-order valence-corrected chi connectivity index (χ2v) is 8.63. The lowest BCUT2D eigenvalue weighted by Gasteiger charge is -2.15. The minimum Gasteiger partial charge on any atom is -0.456 e. The molecular formula is C18H22N4O4S. The molecule has 0 radical (unpaired) electrons. The van der Waals surface area contributed by atoms with Crippen LogP contribution in [0.4, 0.5) is 5.82 Å². The van der Waals surface area contributed by atoms with Gasteiger partial charge in [0.05, 0.1) is 4.90 Å². The van der Waals surface area contributed by atoms with Crippen molar-refractivity contribution >= 4 is 21.8 Å². The van der Waals surface area contributed by atoms with Gasteiger partial charge in [-0.2, -0.15) is 0 Å². The monoisotopic (exact) mass is 390 g/mol. The fourth-order valence-corrected chi connectivity index (χ4v) is 3.75. The summed E-state index contributed by atoms with van der Waals surface area (Å²) in [5.41, 5.74) is 0.697. The van der Waals surface area contributed by atoms with Crippen molar-refractivity contribution in [3.63, 3.8) is 0 Å². The maximum absolute atomic E-state index is 12.2. The van der Waals surface area contributed by atoms with E-state index in [4.69, 9.17) is 4.74 Å². The van der Waals surface area contributed by atoms with E-state index < -0.39 is 16.0 Å². The van der Waals surface area contributed by atoms with Crippen LogP contribution in [0.5, 0.6) is 0 Å². The van der Waals surface area contributed by atoms with Crippen LogP contribution in [0.2, 0.25) is 0 Å². The summed E-state index contributed by atoms with van der Waals surface area (Å²) in [7, 11) is -0.608. The molecule has 2 aromatic rings. The van der Waals surface area contributed by atoms with Crippen LogP contribution in [0.1, 0.15) is 28.9 Å². The average molecular weight is 390 g/mol. The molecule has 0 unspecified atom stereocenters. The Morgan fingerprint density at radius 2 is 1.89 bits per heavy atom. The predicted molar refractivity (Wildman–Crippen MR) is 99.9 cm³/mol. The molecule has 0 aliphatic carbocycles. The number of hydrogen-bond acceptors (Lipinski definition) is 7. The standard InChI is InChI=1S/C18H22N4O4S/c1-21(2)27(24,25)15-7-5-6-14(12-15)13-26-18(23)16-8-9-17(20-19-16)22-10-3-4-11-22/h5-9,12H,3-4,10-11,13H2,1-2H3. The van der Waals surface area contributed by atoms with Gasteiger partial charge < -0.3 is 9.64 Å². The van der Waals surface area contributed by atoms with Crippen molar-refractivity contribution in [2.24, 2.45) is 0 Å². The quantitative estimate of drug-likeness (QED) is 0.693. The van der Waals surface area contributed by atoms with Crippen LogP contribution >= 0.6 is 0 Å². The zero-order chi connectivity index (χ0) is 19.4. The number of esters is 1. The van der Waals surface area contributed by atoms with Crippen molar-refractivity contribution in [2.75, 3.05) is 32.1 Å². The maximum atomic E-state index is 12.2. The van der Waals surface area contributed by atoms with Crippen molar-refractivity contribution in [2.45, 2.75) is 24.3 Å². The normalized spacial score (nSPS) is 14.6. The van der Waals surface area contributed by atoms with E-state index in [9.17, 15) is 13.2 Å². The summed E-state index contributed by atoms with van der Waals surface area (Å²) in [4.78, 5) is 14.4. The Labute approximate surface area is 158 Å². The summed E-state index contributed by atoms with van der Waals surface area (Å²) in [6.07, 6.45) is 2.27. The van der Waals surface area contributed by atoms with Crippen molar-refractivity contribution < 1.29 is 17.9 Å². The first-order chi connectivity index (χ1) is 12.9. The first-order valence-electron chi connectivity index (χ1n) is 8.65. The van der Waals surface area contributed by atoms with Gasteiger partial charge in [-0.05, 0) is 42.7 Å². The van der Waals surface area contributed by atoms with Gasteiger partial charge in [0.25, 0.3) is 0 Å². The highest BCUT2D eigenvalue weighted by atomic mass is 32.2. The highest BCUT2D eigenvalue weighted by Gasteiger charge is 2.18. The van der Waals surface area contributed by atoms with E-state index in [0.29, 0.717) is 5.56 Å². The summed E-state index contributed by atoms with van der Waals surface area (Å²) < 4.78 is 30.7. The van der Waals surface area contributed by atoms with Gasteiger partial charge in [0.15, 0.2) is 11.5 Å². The van der Waals surface area contributed by atoms with E-state index in [0.717, 1.165) is 36.1 Å². The minimum atomic E-state index is -3.54. The van der Waals surface area contributed by atoms with Gasteiger partial charge >= 0.3 is 5.97 Å². The minimum absolute atomic E-state index is 0.0504. The second kappa shape index (κ2) is 8.01. The first kappa shape index (κ1) is 19.2. The maximum Gasteiger partial charge on any atom is 0.359 e. The molecule has 1 saturated heterocycles. The Morgan fingerprint density at radius 1 is 1.15 bits per heavy atom. The summed E-state index contributed by atoms with van der Waals surface area (Å²) in [6.45, 7) is 1.85. The first-order valence-corrected chi connectivity index (χ1v) is 10.1. The van der Waals surface area contributed by atoms with E-state index in [1.807, 2.05) is 0 Å². The molecule has 0 atom stereocenters. The fourth-order valence-electron chi connectivity index (χ4n) is 2.78. The average Bonchev–Trinajstić information content (AvgIpc) is 3.21. The number of carbonyl (C=O) groups is 1. The second-order valence-electron chi connectivity index (χ2n) is 6.48. The summed E-state index contributed by atoms with van der Waals surface area (Å²) >= 11 is 0.